The van der Waals surface area contributed by atoms with Crippen molar-refractivity contribution in [3.63, 3.8) is 0 Å². The number of amides is 1. The summed E-state index contributed by atoms with van der Waals surface area (Å²) in [4.78, 5) is 17.0. The fourth-order valence-corrected chi connectivity index (χ4v) is 5.59. The van der Waals surface area contributed by atoms with Gasteiger partial charge in [0.05, 0.1) is 29.6 Å². The van der Waals surface area contributed by atoms with Gasteiger partial charge in [0.2, 0.25) is 15.9 Å². The van der Waals surface area contributed by atoms with Gasteiger partial charge in [-0.1, -0.05) is 18.2 Å². The number of imidazole rings is 1. The van der Waals surface area contributed by atoms with Gasteiger partial charge in [0.1, 0.15) is 5.65 Å². The van der Waals surface area contributed by atoms with Gasteiger partial charge < -0.3 is 14.5 Å². The van der Waals surface area contributed by atoms with Crippen molar-refractivity contribution in [2.24, 2.45) is 0 Å². The second-order valence-corrected chi connectivity index (χ2v) is 10.6. The van der Waals surface area contributed by atoms with Gasteiger partial charge in [0.25, 0.3) is 0 Å². The lowest BCUT2D eigenvalue weighted by molar-refractivity contribution is -0.118. The molecule has 1 saturated heterocycles. The number of hydrogen-bond donors (Lipinski definition) is 1. The molecule has 3 aromatic rings. The average Bonchev–Trinajstić information content (AvgIpc) is 3.20. The first kappa shape index (κ1) is 22.8. The Bertz CT molecular complexity index is 1190. The first-order valence-electron chi connectivity index (χ1n) is 10.4. The van der Waals surface area contributed by atoms with E-state index in [1.54, 1.807) is 24.3 Å². The zero-order valence-electron chi connectivity index (χ0n) is 17.9. The molecule has 0 radical (unpaired) electrons. The van der Waals surface area contributed by atoms with Gasteiger partial charge >= 0.3 is 0 Å². The average molecular weight is 475 g/mol. The highest BCUT2D eigenvalue weighted by atomic mass is 32.2. The topological polar surface area (TPSA) is 93.0 Å². The zero-order chi connectivity index (χ0) is 22.6. The number of thioether (sulfide) groups is 1. The van der Waals surface area contributed by atoms with Crippen molar-refractivity contribution in [1.29, 1.82) is 0 Å². The maximum atomic E-state index is 12.7. The fourth-order valence-electron chi connectivity index (χ4n) is 3.44. The van der Waals surface area contributed by atoms with E-state index in [-0.39, 0.29) is 10.8 Å². The first-order chi connectivity index (χ1) is 15.4. The van der Waals surface area contributed by atoms with Gasteiger partial charge in [-0.2, -0.15) is 4.31 Å². The number of pyridine rings is 1. The molecular weight excluding hydrogens is 448 g/mol. The molecule has 8 nitrogen and oxygen atoms in total. The highest BCUT2D eigenvalue weighted by Gasteiger charge is 2.26. The van der Waals surface area contributed by atoms with Crippen molar-refractivity contribution < 1.29 is 17.9 Å². The summed E-state index contributed by atoms with van der Waals surface area (Å²) in [5.74, 6) is 0.915. The first-order valence-corrected chi connectivity index (χ1v) is 13.0. The molecular formula is C22H26N4O4S2. The molecule has 0 spiro atoms. The minimum Gasteiger partial charge on any atom is -0.379 e. The number of nitrogens with one attached hydrogen (secondary N) is 1. The van der Waals surface area contributed by atoms with Gasteiger partial charge in [-0.25, -0.2) is 13.4 Å². The van der Waals surface area contributed by atoms with Crippen LogP contribution in [0.25, 0.3) is 5.65 Å². The van der Waals surface area contributed by atoms with Gasteiger partial charge in [0.15, 0.2) is 0 Å². The number of carbonyl (C=O) groups excluding carboxylic acids is 1. The van der Waals surface area contributed by atoms with E-state index in [0.717, 1.165) is 16.9 Å². The van der Waals surface area contributed by atoms with E-state index in [1.807, 2.05) is 35.9 Å². The van der Waals surface area contributed by atoms with E-state index in [0.29, 0.717) is 44.4 Å². The lowest BCUT2D eigenvalue weighted by atomic mass is 10.2. The van der Waals surface area contributed by atoms with Crippen molar-refractivity contribution >= 4 is 33.3 Å². The van der Waals surface area contributed by atoms with Gasteiger partial charge in [-0.05, 0) is 36.2 Å². The standard InChI is InChI=1S/C22H26N4O4S2/c1-17-2-7-21-24-19(14-25(21)13-17)15-31-16-22(27)23-12-18-3-5-20(6-4-18)32(28,29)26-8-10-30-11-9-26/h2-7,13-14H,8-12,15-16H2,1H3,(H,23,27). The smallest absolute Gasteiger partial charge is 0.243 e. The van der Waals surface area contributed by atoms with Crippen LogP contribution >= 0.6 is 11.8 Å². The normalized spacial score (nSPS) is 15.2. The molecule has 3 heterocycles. The third-order valence-corrected chi connectivity index (χ3v) is 8.03. The molecule has 0 saturated carbocycles. The molecule has 1 fully saturated rings. The molecule has 0 atom stereocenters. The summed E-state index contributed by atoms with van der Waals surface area (Å²) in [6.07, 6.45) is 4.01. The Morgan fingerprint density at radius 3 is 2.62 bits per heavy atom. The minimum atomic E-state index is -3.51. The Morgan fingerprint density at radius 1 is 1.12 bits per heavy atom. The number of ether oxygens (including phenoxy) is 1. The van der Waals surface area contributed by atoms with Crippen molar-refractivity contribution in [2.45, 2.75) is 24.1 Å². The number of benzene rings is 1. The number of carbonyl (C=O) groups is 1. The fraction of sp³-hybridized carbons (Fsp3) is 0.364. The van der Waals surface area contributed by atoms with Crippen molar-refractivity contribution in [1.82, 2.24) is 19.0 Å². The predicted molar refractivity (Wildman–Crippen MR) is 124 cm³/mol. The van der Waals surface area contributed by atoms with Crippen LogP contribution in [0.3, 0.4) is 0 Å². The minimum absolute atomic E-state index is 0.0698. The number of rotatable bonds is 8. The SMILES string of the molecule is Cc1ccc2nc(CSCC(=O)NCc3ccc(S(=O)(=O)N4CCOCC4)cc3)cn2c1. The number of aromatic nitrogens is 2. The molecule has 0 bridgehead atoms. The van der Waals surface area contributed by atoms with Crippen molar-refractivity contribution in [3.05, 3.63) is 65.6 Å². The summed E-state index contributed by atoms with van der Waals surface area (Å²) in [6.45, 7) is 3.95. The predicted octanol–water partition coefficient (Wildman–Crippen LogP) is 2.21. The van der Waals surface area contributed by atoms with Crippen LogP contribution in [-0.4, -0.2) is 60.1 Å². The lowest BCUT2D eigenvalue weighted by Crippen LogP contribution is -2.40. The molecule has 1 N–H and O–H groups in total. The molecule has 1 aliphatic rings. The second kappa shape index (κ2) is 10.0. The molecule has 0 aliphatic carbocycles. The third-order valence-electron chi connectivity index (χ3n) is 5.15. The van der Waals surface area contributed by atoms with Crippen LogP contribution < -0.4 is 5.32 Å². The Labute approximate surface area is 192 Å². The van der Waals surface area contributed by atoms with Crippen LogP contribution in [0, 0.1) is 6.92 Å². The van der Waals surface area contributed by atoms with E-state index < -0.39 is 10.0 Å². The Morgan fingerprint density at radius 2 is 1.88 bits per heavy atom. The molecule has 1 aromatic carbocycles. The monoisotopic (exact) mass is 474 g/mol. The molecule has 4 rings (SSSR count). The quantitative estimate of drug-likeness (QED) is 0.538. The number of fused-ring (bicyclic) bond motifs is 1. The van der Waals surface area contributed by atoms with E-state index >= 15 is 0 Å². The Kier molecular flexibility index (Phi) is 7.14. The zero-order valence-corrected chi connectivity index (χ0v) is 19.5. The Balaban J connectivity index is 1.23. The maximum Gasteiger partial charge on any atom is 0.243 e. The summed E-state index contributed by atoms with van der Waals surface area (Å²) in [5.41, 5.74) is 3.85. The molecule has 1 amide bonds. The largest absolute Gasteiger partial charge is 0.379 e. The number of aryl methyl sites for hydroxylation is 1. The summed E-state index contributed by atoms with van der Waals surface area (Å²) < 4.78 is 34.0. The van der Waals surface area contributed by atoms with Crippen LogP contribution in [0.5, 0.6) is 0 Å². The van der Waals surface area contributed by atoms with Crippen LogP contribution in [0.4, 0.5) is 0 Å². The van der Waals surface area contributed by atoms with Crippen LogP contribution in [0.15, 0.2) is 53.7 Å². The summed E-state index contributed by atoms with van der Waals surface area (Å²) in [7, 11) is -3.51. The van der Waals surface area contributed by atoms with Crippen molar-refractivity contribution in [2.75, 3.05) is 32.1 Å². The molecule has 2 aromatic heterocycles. The summed E-state index contributed by atoms with van der Waals surface area (Å²) >= 11 is 1.51. The van der Waals surface area contributed by atoms with Gasteiger partial charge in [0, 0.05) is 37.8 Å². The highest BCUT2D eigenvalue weighted by Crippen LogP contribution is 2.18. The number of hydrogen-bond acceptors (Lipinski definition) is 6. The summed E-state index contributed by atoms with van der Waals surface area (Å²) in [5, 5.41) is 2.88. The number of nitrogens with zero attached hydrogens (tertiary/aromatic N) is 3. The number of morpholine rings is 1. The van der Waals surface area contributed by atoms with Crippen LogP contribution in [0.1, 0.15) is 16.8 Å². The van der Waals surface area contributed by atoms with Gasteiger partial charge in [-0.3, -0.25) is 4.79 Å². The molecule has 32 heavy (non-hydrogen) atoms. The number of sulfonamides is 1. The van der Waals surface area contributed by atoms with E-state index in [4.69, 9.17) is 4.74 Å². The second-order valence-electron chi connectivity index (χ2n) is 7.63. The van der Waals surface area contributed by atoms with Crippen LogP contribution in [0.2, 0.25) is 0 Å². The van der Waals surface area contributed by atoms with E-state index in [9.17, 15) is 13.2 Å². The maximum absolute atomic E-state index is 12.7. The Hall–Kier alpha value is -2.40. The third kappa shape index (κ3) is 5.50. The van der Waals surface area contributed by atoms with E-state index in [2.05, 4.69) is 10.3 Å². The van der Waals surface area contributed by atoms with Crippen molar-refractivity contribution in [3.8, 4) is 0 Å². The molecule has 1 aliphatic heterocycles. The molecule has 10 heteroatoms. The molecule has 170 valence electrons. The molecule has 0 unspecified atom stereocenters. The van der Waals surface area contributed by atoms with E-state index in [1.165, 1.54) is 21.6 Å². The summed E-state index contributed by atoms with van der Waals surface area (Å²) in [6, 6.07) is 10.7. The van der Waals surface area contributed by atoms with Crippen LogP contribution in [-0.2, 0) is 31.9 Å². The van der Waals surface area contributed by atoms with Gasteiger partial charge in [-0.15, -0.1) is 11.8 Å². The lowest BCUT2D eigenvalue weighted by Gasteiger charge is -2.26. The highest BCUT2D eigenvalue weighted by molar-refractivity contribution is 7.99.